The van der Waals surface area contributed by atoms with Crippen LogP contribution in [0.4, 0.5) is 0 Å². The van der Waals surface area contributed by atoms with Crippen LogP contribution in [0, 0.1) is 5.92 Å². The minimum atomic E-state index is -3.39. The summed E-state index contributed by atoms with van der Waals surface area (Å²) in [4.78, 5) is 39.5. The lowest BCUT2D eigenvalue weighted by Gasteiger charge is -2.34. The third-order valence-electron chi connectivity index (χ3n) is 5.82. The predicted molar refractivity (Wildman–Crippen MR) is 109 cm³/mol. The number of piperidine rings is 1. The van der Waals surface area contributed by atoms with Crippen molar-refractivity contribution < 1.29 is 22.8 Å². The number of nitrogens with one attached hydrogen (secondary N) is 1. The number of ketones is 1. The van der Waals surface area contributed by atoms with Crippen LogP contribution in [0.2, 0.25) is 0 Å². The first-order valence-corrected chi connectivity index (χ1v) is 12.0. The summed E-state index contributed by atoms with van der Waals surface area (Å²) in [5, 5.41) is 2.85. The van der Waals surface area contributed by atoms with Crippen molar-refractivity contribution >= 4 is 27.4 Å². The first-order valence-electron chi connectivity index (χ1n) is 9.98. The van der Waals surface area contributed by atoms with E-state index in [-0.39, 0.29) is 24.1 Å². The molecule has 0 radical (unpaired) electrons. The molecule has 1 unspecified atom stereocenters. The summed E-state index contributed by atoms with van der Waals surface area (Å²) in [6, 6.07) is 8.87. The third-order valence-corrected chi connectivity index (χ3v) is 6.63. The van der Waals surface area contributed by atoms with Crippen molar-refractivity contribution in [2.75, 3.05) is 25.1 Å². The second-order valence-corrected chi connectivity index (χ2v) is 10.4. The number of sulfone groups is 1. The van der Waals surface area contributed by atoms with Crippen molar-refractivity contribution in [1.29, 1.82) is 0 Å². The van der Waals surface area contributed by atoms with E-state index in [1.54, 1.807) is 11.8 Å². The Morgan fingerprint density at radius 3 is 2.45 bits per heavy atom. The molecule has 8 heteroatoms. The second kappa shape index (κ2) is 8.26. The summed E-state index contributed by atoms with van der Waals surface area (Å²) in [5.41, 5.74) is 0.410. The Labute approximate surface area is 171 Å². The van der Waals surface area contributed by atoms with Crippen molar-refractivity contribution in [2.45, 2.75) is 44.1 Å². The Bertz CT molecular complexity index is 893. The number of benzene rings is 1. The van der Waals surface area contributed by atoms with Gasteiger partial charge in [-0.1, -0.05) is 30.3 Å². The molecule has 1 heterocycles. The average molecular weight is 421 g/mol. The predicted octanol–water partition coefficient (Wildman–Crippen LogP) is 1.08. The first-order chi connectivity index (χ1) is 13.6. The van der Waals surface area contributed by atoms with Crippen LogP contribution >= 0.6 is 0 Å². The van der Waals surface area contributed by atoms with Gasteiger partial charge in [0.2, 0.25) is 11.8 Å². The summed E-state index contributed by atoms with van der Waals surface area (Å²) in [6.45, 7) is 2.37. The highest BCUT2D eigenvalue weighted by Gasteiger charge is 2.51. The van der Waals surface area contributed by atoms with Crippen LogP contribution in [0.3, 0.4) is 0 Å². The van der Waals surface area contributed by atoms with Crippen LogP contribution in [0.15, 0.2) is 30.3 Å². The molecule has 1 aromatic carbocycles. The summed E-state index contributed by atoms with van der Waals surface area (Å²) < 4.78 is 22.8. The molecule has 158 valence electrons. The van der Waals surface area contributed by atoms with Gasteiger partial charge in [-0.25, -0.2) is 8.42 Å². The first kappa shape index (κ1) is 21.5. The van der Waals surface area contributed by atoms with Gasteiger partial charge in [0, 0.05) is 25.3 Å². The summed E-state index contributed by atoms with van der Waals surface area (Å²) in [5.74, 6) is -1.69. The molecule has 2 amide bonds. The molecule has 29 heavy (non-hydrogen) atoms. The Morgan fingerprint density at radius 1 is 1.21 bits per heavy atom. The minimum Gasteiger partial charge on any atom is -0.344 e. The largest absolute Gasteiger partial charge is 0.344 e. The molecular weight excluding hydrogens is 392 g/mol. The number of carbonyl (C=O) groups excluding carboxylic acids is 3. The van der Waals surface area contributed by atoms with Gasteiger partial charge >= 0.3 is 0 Å². The van der Waals surface area contributed by atoms with Crippen molar-refractivity contribution in [3.8, 4) is 0 Å². The molecule has 1 saturated heterocycles. The van der Waals surface area contributed by atoms with Crippen LogP contribution in [0.25, 0.3) is 0 Å². The highest BCUT2D eigenvalue weighted by molar-refractivity contribution is 7.91. The van der Waals surface area contributed by atoms with E-state index in [2.05, 4.69) is 5.32 Å². The topological polar surface area (TPSA) is 101 Å². The van der Waals surface area contributed by atoms with Gasteiger partial charge in [0.15, 0.2) is 15.6 Å². The van der Waals surface area contributed by atoms with Gasteiger partial charge in [-0.3, -0.25) is 14.4 Å². The molecule has 0 bridgehead atoms. The van der Waals surface area contributed by atoms with Gasteiger partial charge in [-0.15, -0.1) is 0 Å². The molecule has 1 saturated carbocycles. The zero-order valence-corrected chi connectivity index (χ0v) is 17.7. The van der Waals surface area contributed by atoms with E-state index >= 15 is 0 Å². The number of rotatable bonds is 7. The zero-order valence-electron chi connectivity index (χ0n) is 16.9. The number of likely N-dealkylation sites (tertiary alicyclic amines) is 1. The fourth-order valence-electron chi connectivity index (χ4n) is 4.02. The fourth-order valence-corrected chi connectivity index (χ4v) is 4.77. The number of nitrogens with zero attached hydrogens (tertiary/aromatic N) is 1. The summed E-state index contributed by atoms with van der Waals surface area (Å²) in [7, 11) is -3.39. The second-order valence-electron chi connectivity index (χ2n) is 8.30. The SMILES string of the molecule is C[C@@H](NC(=O)C1(c2ccccc2)CC1)C(=O)N1CCCC(C(=O)CS(C)(=O)=O)C1. The number of carbonyl (C=O) groups is 3. The normalized spacial score (nSPS) is 21.9. The van der Waals surface area contributed by atoms with Crippen LogP contribution in [-0.2, 0) is 29.6 Å². The minimum absolute atomic E-state index is 0.147. The Balaban J connectivity index is 1.60. The Morgan fingerprint density at radius 2 is 1.86 bits per heavy atom. The van der Waals surface area contributed by atoms with Crippen molar-refractivity contribution in [1.82, 2.24) is 10.2 Å². The standard InChI is InChI=1S/C21H28N2O5S/c1-15(22-20(26)21(10-11-21)17-8-4-3-5-9-17)19(25)23-12-6-7-16(13-23)18(24)14-29(2,27)28/h3-5,8-9,15-16H,6-7,10-14H2,1-2H3,(H,22,26)/t15-,16?/m1/s1. The van der Waals surface area contributed by atoms with E-state index in [0.29, 0.717) is 19.4 Å². The van der Waals surface area contributed by atoms with Gasteiger partial charge in [0.25, 0.3) is 0 Å². The molecule has 7 nitrogen and oxygen atoms in total. The van der Waals surface area contributed by atoms with Crippen LogP contribution in [-0.4, -0.2) is 62.1 Å². The van der Waals surface area contributed by atoms with Crippen LogP contribution < -0.4 is 5.32 Å². The average Bonchev–Trinajstić information content (AvgIpc) is 3.49. The van der Waals surface area contributed by atoms with Gasteiger partial charge < -0.3 is 10.2 Å². The van der Waals surface area contributed by atoms with E-state index in [9.17, 15) is 22.8 Å². The van der Waals surface area contributed by atoms with Crippen molar-refractivity contribution in [2.24, 2.45) is 5.92 Å². The maximum Gasteiger partial charge on any atom is 0.244 e. The molecule has 1 N–H and O–H groups in total. The molecule has 2 atom stereocenters. The molecular formula is C21H28N2O5S. The molecule has 0 aromatic heterocycles. The van der Waals surface area contributed by atoms with Gasteiger partial charge in [-0.2, -0.15) is 0 Å². The van der Waals surface area contributed by atoms with Crippen LogP contribution in [0.1, 0.15) is 38.2 Å². The van der Waals surface area contributed by atoms with E-state index < -0.39 is 33.0 Å². The maximum atomic E-state index is 12.9. The van der Waals surface area contributed by atoms with Crippen LogP contribution in [0.5, 0.6) is 0 Å². The maximum absolute atomic E-state index is 12.9. The number of Topliss-reactive ketones (excluding diaryl/α,β-unsaturated/α-hetero) is 1. The molecule has 1 aliphatic carbocycles. The summed E-state index contributed by atoms with van der Waals surface area (Å²) >= 11 is 0. The molecule has 2 aliphatic rings. The van der Waals surface area contributed by atoms with Gasteiger partial charge in [0.05, 0.1) is 5.41 Å². The number of hydrogen-bond acceptors (Lipinski definition) is 5. The van der Waals surface area contributed by atoms with E-state index in [0.717, 1.165) is 24.7 Å². The summed E-state index contributed by atoms with van der Waals surface area (Å²) in [6.07, 6.45) is 3.77. The molecule has 2 fully saturated rings. The lowest BCUT2D eigenvalue weighted by atomic mass is 9.93. The highest BCUT2D eigenvalue weighted by atomic mass is 32.2. The monoisotopic (exact) mass is 420 g/mol. The van der Waals surface area contributed by atoms with E-state index in [1.165, 1.54) is 0 Å². The molecule has 0 spiro atoms. The molecule has 1 aromatic rings. The lowest BCUT2D eigenvalue weighted by molar-refractivity contribution is -0.139. The zero-order chi connectivity index (χ0) is 21.2. The molecule has 3 rings (SSSR count). The lowest BCUT2D eigenvalue weighted by Crippen LogP contribution is -2.52. The van der Waals surface area contributed by atoms with Gasteiger partial charge in [-0.05, 0) is 38.2 Å². The number of hydrogen-bond donors (Lipinski definition) is 1. The fraction of sp³-hybridized carbons (Fsp3) is 0.571. The highest BCUT2D eigenvalue weighted by Crippen LogP contribution is 2.48. The third kappa shape index (κ3) is 5.04. The Hall–Kier alpha value is -2.22. The smallest absolute Gasteiger partial charge is 0.244 e. The van der Waals surface area contributed by atoms with E-state index in [1.807, 2.05) is 30.3 Å². The van der Waals surface area contributed by atoms with Crippen molar-refractivity contribution in [3.63, 3.8) is 0 Å². The van der Waals surface area contributed by atoms with Gasteiger partial charge in [0.1, 0.15) is 11.8 Å². The Kier molecular flexibility index (Phi) is 6.12. The number of amides is 2. The van der Waals surface area contributed by atoms with Crippen molar-refractivity contribution in [3.05, 3.63) is 35.9 Å². The van der Waals surface area contributed by atoms with E-state index in [4.69, 9.17) is 0 Å². The molecule has 1 aliphatic heterocycles. The quantitative estimate of drug-likeness (QED) is 0.711.